The molecule has 0 aliphatic carbocycles. The lowest BCUT2D eigenvalue weighted by atomic mass is 10.1. The number of hydrazone groups is 1. The van der Waals surface area contributed by atoms with Crippen LogP contribution in [0.1, 0.15) is 27.2 Å². The van der Waals surface area contributed by atoms with Crippen LogP contribution in [0.5, 0.6) is 5.75 Å². The number of carbonyl (C=O) groups is 1. The molecule has 0 bridgehead atoms. The second kappa shape index (κ2) is 8.84. The average molecular weight is 452 g/mol. The van der Waals surface area contributed by atoms with Gasteiger partial charge >= 0.3 is 0 Å². The zero-order chi connectivity index (χ0) is 22.0. The molecule has 4 aromatic rings. The van der Waals surface area contributed by atoms with Crippen molar-refractivity contribution in [2.45, 2.75) is 13.5 Å². The fraction of sp³-hybridized carbons (Fsp3) is 0.0833. The Morgan fingerprint density at radius 1 is 1.06 bits per heavy atom. The van der Waals surface area contributed by atoms with Crippen molar-refractivity contribution in [2.75, 3.05) is 0 Å². The third-order valence-electron chi connectivity index (χ3n) is 5.11. The van der Waals surface area contributed by atoms with E-state index >= 15 is 0 Å². The third-order valence-corrected chi connectivity index (χ3v) is 5.85. The molecule has 7 heteroatoms. The highest BCUT2D eigenvalue weighted by molar-refractivity contribution is 6.42. The zero-order valence-corrected chi connectivity index (χ0v) is 18.2. The standard InChI is InChI=1S/C24H19Cl2N3O2/c1-15-19(13-27-28-24(31)18-7-3-5-9-23(18)30)17-6-2-4-8-22(17)29(15)14-16-10-11-20(25)21(26)12-16/h2-13,30H,14H2,1H3,(H,28,31)/b27-13+. The van der Waals surface area contributed by atoms with Crippen LogP contribution in [-0.4, -0.2) is 21.8 Å². The van der Waals surface area contributed by atoms with Crippen molar-refractivity contribution in [3.05, 3.63) is 99.2 Å². The molecule has 156 valence electrons. The molecule has 0 saturated carbocycles. The minimum absolute atomic E-state index is 0.0930. The summed E-state index contributed by atoms with van der Waals surface area (Å²) in [7, 11) is 0. The highest BCUT2D eigenvalue weighted by Crippen LogP contribution is 2.28. The maximum Gasteiger partial charge on any atom is 0.275 e. The normalized spacial score (nSPS) is 11.3. The summed E-state index contributed by atoms with van der Waals surface area (Å²) in [6.45, 7) is 2.62. The van der Waals surface area contributed by atoms with Crippen LogP contribution in [0.25, 0.3) is 10.9 Å². The maximum absolute atomic E-state index is 12.3. The summed E-state index contributed by atoms with van der Waals surface area (Å²) in [5.74, 6) is -0.573. The van der Waals surface area contributed by atoms with E-state index in [1.165, 1.54) is 12.1 Å². The van der Waals surface area contributed by atoms with Gasteiger partial charge in [0.1, 0.15) is 5.75 Å². The number of aromatic nitrogens is 1. The van der Waals surface area contributed by atoms with E-state index in [-0.39, 0.29) is 11.3 Å². The molecule has 0 radical (unpaired) electrons. The van der Waals surface area contributed by atoms with Crippen molar-refractivity contribution < 1.29 is 9.90 Å². The molecule has 1 heterocycles. The first kappa shape index (κ1) is 21.0. The molecule has 1 aromatic heterocycles. The summed E-state index contributed by atoms with van der Waals surface area (Å²) in [4.78, 5) is 12.3. The number of hydrogen-bond donors (Lipinski definition) is 2. The Morgan fingerprint density at radius 3 is 2.58 bits per heavy atom. The molecule has 0 fully saturated rings. The third kappa shape index (κ3) is 4.29. The van der Waals surface area contributed by atoms with E-state index in [2.05, 4.69) is 15.1 Å². The fourth-order valence-corrected chi connectivity index (χ4v) is 3.85. The molecule has 0 unspecified atom stereocenters. The molecule has 2 N–H and O–H groups in total. The van der Waals surface area contributed by atoms with Crippen molar-refractivity contribution in [1.82, 2.24) is 9.99 Å². The summed E-state index contributed by atoms with van der Waals surface area (Å²) >= 11 is 12.2. The number of hydrogen-bond acceptors (Lipinski definition) is 3. The van der Waals surface area contributed by atoms with E-state index in [0.717, 1.165) is 27.7 Å². The predicted octanol–water partition coefficient (Wildman–Crippen LogP) is 5.77. The van der Waals surface area contributed by atoms with E-state index < -0.39 is 5.91 Å². The Kier molecular flexibility index (Phi) is 5.98. The summed E-state index contributed by atoms with van der Waals surface area (Å²) in [6, 6.07) is 19.9. The van der Waals surface area contributed by atoms with Crippen LogP contribution in [0.4, 0.5) is 0 Å². The SMILES string of the molecule is Cc1c(/C=N/NC(=O)c2ccccc2O)c2ccccc2n1Cc1ccc(Cl)c(Cl)c1. The van der Waals surface area contributed by atoms with E-state index in [1.807, 2.05) is 43.3 Å². The van der Waals surface area contributed by atoms with Crippen molar-refractivity contribution >= 4 is 46.2 Å². The van der Waals surface area contributed by atoms with Gasteiger partial charge in [0.25, 0.3) is 5.91 Å². The number of phenols is 1. The van der Waals surface area contributed by atoms with Crippen LogP contribution in [-0.2, 0) is 6.54 Å². The Hall–Kier alpha value is -3.28. The van der Waals surface area contributed by atoms with Crippen molar-refractivity contribution in [3.63, 3.8) is 0 Å². The van der Waals surface area contributed by atoms with E-state index in [9.17, 15) is 9.90 Å². The number of aromatic hydroxyl groups is 1. The molecule has 31 heavy (non-hydrogen) atoms. The van der Waals surface area contributed by atoms with Crippen LogP contribution in [0.2, 0.25) is 10.0 Å². The molecular weight excluding hydrogens is 433 g/mol. The predicted molar refractivity (Wildman–Crippen MR) is 125 cm³/mol. The second-order valence-electron chi connectivity index (χ2n) is 7.07. The number of nitrogens with one attached hydrogen (secondary N) is 1. The van der Waals surface area contributed by atoms with Gasteiger partial charge in [-0.05, 0) is 42.8 Å². The van der Waals surface area contributed by atoms with Crippen LogP contribution < -0.4 is 5.43 Å². The number of para-hydroxylation sites is 2. The van der Waals surface area contributed by atoms with Crippen molar-refractivity contribution in [2.24, 2.45) is 5.10 Å². The lowest BCUT2D eigenvalue weighted by molar-refractivity contribution is 0.0952. The topological polar surface area (TPSA) is 66.6 Å². The van der Waals surface area contributed by atoms with Gasteiger partial charge in [-0.3, -0.25) is 4.79 Å². The van der Waals surface area contributed by atoms with E-state index in [0.29, 0.717) is 16.6 Å². The molecule has 0 aliphatic heterocycles. The molecule has 5 nitrogen and oxygen atoms in total. The molecule has 4 rings (SSSR count). The van der Waals surface area contributed by atoms with Crippen molar-refractivity contribution in [1.29, 1.82) is 0 Å². The summed E-state index contributed by atoms with van der Waals surface area (Å²) in [6.07, 6.45) is 1.63. The van der Waals surface area contributed by atoms with Crippen molar-refractivity contribution in [3.8, 4) is 5.75 Å². The Morgan fingerprint density at radius 2 is 1.81 bits per heavy atom. The highest BCUT2D eigenvalue weighted by atomic mass is 35.5. The lowest BCUT2D eigenvalue weighted by Gasteiger charge is -2.09. The largest absolute Gasteiger partial charge is 0.507 e. The fourth-order valence-electron chi connectivity index (χ4n) is 3.53. The Balaban J connectivity index is 1.65. The molecule has 0 saturated heterocycles. The molecule has 3 aromatic carbocycles. The Bertz CT molecular complexity index is 1310. The van der Waals surface area contributed by atoms with Gasteiger partial charge < -0.3 is 9.67 Å². The van der Waals surface area contributed by atoms with Gasteiger partial charge in [0.2, 0.25) is 0 Å². The minimum Gasteiger partial charge on any atom is -0.507 e. The first-order chi connectivity index (χ1) is 15.0. The number of carbonyl (C=O) groups excluding carboxylic acids is 1. The quantitative estimate of drug-likeness (QED) is 0.298. The van der Waals surface area contributed by atoms with Gasteiger partial charge in [0.15, 0.2) is 0 Å². The summed E-state index contributed by atoms with van der Waals surface area (Å²) in [5.41, 5.74) is 6.60. The number of rotatable bonds is 5. The van der Waals surface area contributed by atoms with Crippen LogP contribution in [0.3, 0.4) is 0 Å². The van der Waals surface area contributed by atoms with Crippen LogP contribution in [0.15, 0.2) is 71.8 Å². The molecule has 1 amide bonds. The number of benzene rings is 3. The molecule has 0 spiro atoms. The summed E-state index contributed by atoms with van der Waals surface area (Å²) < 4.78 is 2.17. The van der Waals surface area contributed by atoms with Gasteiger partial charge in [-0.15, -0.1) is 0 Å². The molecular formula is C24H19Cl2N3O2. The smallest absolute Gasteiger partial charge is 0.275 e. The first-order valence-electron chi connectivity index (χ1n) is 9.59. The number of fused-ring (bicyclic) bond motifs is 1. The number of amides is 1. The van der Waals surface area contributed by atoms with Gasteiger partial charge in [-0.2, -0.15) is 5.10 Å². The molecule has 0 atom stereocenters. The van der Waals surface area contributed by atoms with Gasteiger partial charge in [0, 0.05) is 28.7 Å². The minimum atomic E-state index is -0.480. The monoisotopic (exact) mass is 451 g/mol. The molecule has 0 aliphatic rings. The number of phenolic OH excluding ortho intramolecular Hbond substituents is 1. The van der Waals surface area contributed by atoms with E-state index in [1.54, 1.807) is 24.4 Å². The highest BCUT2D eigenvalue weighted by Gasteiger charge is 2.14. The van der Waals surface area contributed by atoms with Crippen LogP contribution >= 0.6 is 23.2 Å². The number of halogens is 2. The average Bonchev–Trinajstić information content (AvgIpc) is 3.02. The zero-order valence-electron chi connectivity index (χ0n) is 16.6. The van der Waals surface area contributed by atoms with E-state index in [4.69, 9.17) is 23.2 Å². The summed E-state index contributed by atoms with van der Waals surface area (Å²) in [5, 5.41) is 16.0. The Labute approximate surface area is 189 Å². The lowest BCUT2D eigenvalue weighted by Crippen LogP contribution is -2.17. The van der Waals surface area contributed by atoms with Crippen LogP contribution in [0, 0.1) is 6.92 Å². The second-order valence-corrected chi connectivity index (χ2v) is 7.88. The van der Waals surface area contributed by atoms with Gasteiger partial charge in [-0.25, -0.2) is 5.43 Å². The first-order valence-corrected chi connectivity index (χ1v) is 10.3. The number of nitrogens with zero attached hydrogens (tertiary/aromatic N) is 2. The van der Waals surface area contributed by atoms with Gasteiger partial charge in [-0.1, -0.05) is 59.6 Å². The van der Waals surface area contributed by atoms with Gasteiger partial charge in [0.05, 0.1) is 21.8 Å². The maximum atomic E-state index is 12.3.